The van der Waals surface area contributed by atoms with Gasteiger partial charge in [0.1, 0.15) is 0 Å². The molecule has 1 nitrogen and oxygen atoms in total. The zero-order valence-corrected chi connectivity index (χ0v) is 8.41. The lowest BCUT2D eigenvalue weighted by molar-refractivity contribution is 0.152. The van der Waals surface area contributed by atoms with Gasteiger partial charge in [0.25, 0.3) is 0 Å². The van der Waals surface area contributed by atoms with Crippen molar-refractivity contribution in [2.24, 2.45) is 0 Å². The van der Waals surface area contributed by atoms with Crippen LogP contribution >= 0.6 is 23.2 Å². The maximum Gasteiger partial charge on any atom is 0.0554 e. The fourth-order valence-corrected chi connectivity index (χ4v) is 1.25. The van der Waals surface area contributed by atoms with E-state index in [4.69, 9.17) is 23.2 Å². The molecule has 0 aliphatic heterocycles. The van der Waals surface area contributed by atoms with Crippen molar-refractivity contribution < 1.29 is 5.11 Å². The lowest BCUT2D eigenvalue weighted by atomic mass is 10.1. The van der Waals surface area contributed by atoms with E-state index in [2.05, 4.69) is 6.92 Å². The van der Waals surface area contributed by atoms with Crippen LogP contribution in [0.4, 0.5) is 0 Å². The van der Waals surface area contributed by atoms with Gasteiger partial charge in [-0.15, -0.1) is 23.2 Å². The summed E-state index contributed by atoms with van der Waals surface area (Å²) < 4.78 is 0. The van der Waals surface area contributed by atoms with Gasteiger partial charge in [0.05, 0.1) is 6.10 Å². The van der Waals surface area contributed by atoms with Crippen LogP contribution < -0.4 is 0 Å². The number of aliphatic hydroxyl groups excluding tert-OH is 1. The van der Waals surface area contributed by atoms with E-state index in [0.29, 0.717) is 12.3 Å². The molecule has 0 fully saturated rings. The Morgan fingerprint density at radius 2 is 2.09 bits per heavy atom. The van der Waals surface area contributed by atoms with Crippen LogP contribution in [-0.4, -0.2) is 22.5 Å². The summed E-state index contributed by atoms with van der Waals surface area (Å²) in [6, 6.07) is 0. The Balaban J connectivity index is 3.27. The monoisotopic (exact) mass is 198 g/mol. The third-order valence-electron chi connectivity index (χ3n) is 1.59. The van der Waals surface area contributed by atoms with Crippen molar-refractivity contribution in [1.29, 1.82) is 0 Å². The Morgan fingerprint density at radius 3 is 2.55 bits per heavy atom. The van der Waals surface area contributed by atoms with Crippen LogP contribution in [0.3, 0.4) is 0 Å². The first-order valence-corrected chi connectivity index (χ1v) is 5.05. The fraction of sp³-hybridized carbons (Fsp3) is 1.00. The lowest BCUT2D eigenvalue weighted by Gasteiger charge is -2.11. The molecule has 0 aromatic carbocycles. The minimum absolute atomic E-state index is 0.0801. The number of hydrogen-bond acceptors (Lipinski definition) is 1. The first-order chi connectivity index (χ1) is 5.20. The van der Waals surface area contributed by atoms with Gasteiger partial charge in [0.2, 0.25) is 0 Å². The molecule has 0 heterocycles. The van der Waals surface area contributed by atoms with Crippen molar-refractivity contribution in [2.45, 2.75) is 44.1 Å². The lowest BCUT2D eigenvalue weighted by Crippen LogP contribution is -2.14. The summed E-state index contributed by atoms with van der Waals surface area (Å²) in [4.78, 5) is 0. The zero-order chi connectivity index (χ0) is 8.69. The van der Waals surface area contributed by atoms with Crippen LogP contribution in [0.5, 0.6) is 0 Å². The van der Waals surface area contributed by atoms with Crippen molar-refractivity contribution in [3.63, 3.8) is 0 Å². The average Bonchev–Trinajstić information content (AvgIpc) is 2.00. The highest BCUT2D eigenvalue weighted by atomic mass is 35.5. The second-order valence-electron chi connectivity index (χ2n) is 2.78. The molecule has 0 bridgehead atoms. The predicted octanol–water partition coefficient (Wildman–Crippen LogP) is 2.77. The quantitative estimate of drug-likeness (QED) is 0.652. The summed E-state index contributed by atoms with van der Waals surface area (Å²) in [5.74, 6) is 0.421. The normalized spacial score (nSPS) is 16.4. The van der Waals surface area contributed by atoms with Crippen LogP contribution in [0, 0.1) is 0 Å². The molecular formula is C8H16Cl2O. The van der Waals surface area contributed by atoms with Gasteiger partial charge in [-0.05, 0) is 12.8 Å². The zero-order valence-electron chi connectivity index (χ0n) is 6.89. The van der Waals surface area contributed by atoms with Gasteiger partial charge >= 0.3 is 0 Å². The highest BCUT2D eigenvalue weighted by Gasteiger charge is 2.09. The van der Waals surface area contributed by atoms with Gasteiger partial charge in [-0.25, -0.2) is 0 Å². The summed E-state index contributed by atoms with van der Waals surface area (Å²) in [6.45, 7) is 2.10. The standard InChI is InChI=1S/C8H16Cl2O/c1-2-3-4-8(11)5-7(10)6-9/h7-8,11H,2-6H2,1H3. The van der Waals surface area contributed by atoms with Crippen LogP contribution in [0.2, 0.25) is 0 Å². The molecular weight excluding hydrogens is 183 g/mol. The highest BCUT2D eigenvalue weighted by Crippen LogP contribution is 2.12. The third-order valence-corrected chi connectivity index (χ3v) is 2.45. The molecule has 0 saturated carbocycles. The van der Waals surface area contributed by atoms with Crippen molar-refractivity contribution in [3.8, 4) is 0 Å². The molecule has 0 aliphatic carbocycles. The van der Waals surface area contributed by atoms with Gasteiger partial charge < -0.3 is 5.11 Å². The molecule has 3 heteroatoms. The first kappa shape index (κ1) is 11.5. The summed E-state index contributed by atoms with van der Waals surface area (Å²) in [5.41, 5.74) is 0. The van der Waals surface area contributed by atoms with Crippen LogP contribution in [0.1, 0.15) is 32.6 Å². The number of alkyl halides is 2. The van der Waals surface area contributed by atoms with E-state index in [-0.39, 0.29) is 11.5 Å². The first-order valence-electron chi connectivity index (χ1n) is 4.08. The number of unbranched alkanes of at least 4 members (excludes halogenated alkanes) is 1. The third kappa shape index (κ3) is 6.92. The fourth-order valence-electron chi connectivity index (χ4n) is 0.916. The molecule has 0 spiro atoms. The maximum atomic E-state index is 9.34. The van der Waals surface area contributed by atoms with Crippen molar-refractivity contribution in [2.75, 3.05) is 5.88 Å². The van der Waals surface area contributed by atoms with E-state index in [9.17, 15) is 5.11 Å². The Kier molecular flexibility index (Phi) is 7.56. The van der Waals surface area contributed by atoms with E-state index < -0.39 is 0 Å². The van der Waals surface area contributed by atoms with E-state index in [1.165, 1.54) is 0 Å². The van der Waals surface area contributed by atoms with Crippen molar-refractivity contribution >= 4 is 23.2 Å². The van der Waals surface area contributed by atoms with Gasteiger partial charge in [0, 0.05) is 11.3 Å². The molecule has 0 saturated heterocycles. The Morgan fingerprint density at radius 1 is 1.45 bits per heavy atom. The molecule has 11 heavy (non-hydrogen) atoms. The molecule has 1 N–H and O–H groups in total. The Labute approximate surface area is 78.7 Å². The van der Waals surface area contributed by atoms with Gasteiger partial charge in [-0.1, -0.05) is 19.8 Å². The highest BCUT2D eigenvalue weighted by molar-refractivity contribution is 6.28. The molecule has 2 atom stereocenters. The second-order valence-corrected chi connectivity index (χ2v) is 3.71. The largest absolute Gasteiger partial charge is 0.393 e. The molecule has 0 aromatic heterocycles. The van der Waals surface area contributed by atoms with Crippen LogP contribution in [-0.2, 0) is 0 Å². The number of halogens is 2. The van der Waals surface area contributed by atoms with Crippen LogP contribution in [0.25, 0.3) is 0 Å². The minimum atomic E-state index is -0.267. The topological polar surface area (TPSA) is 20.2 Å². The summed E-state index contributed by atoms with van der Waals surface area (Å²) in [6.07, 6.45) is 3.37. The van der Waals surface area contributed by atoms with Crippen molar-refractivity contribution in [3.05, 3.63) is 0 Å². The summed E-state index contributed by atoms with van der Waals surface area (Å²) >= 11 is 11.2. The molecule has 0 radical (unpaired) electrons. The second kappa shape index (κ2) is 7.20. The van der Waals surface area contributed by atoms with E-state index in [0.717, 1.165) is 19.3 Å². The molecule has 0 rings (SSSR count). The number of hydrogen-bond donors (Lipinski definition) is 1. The molecule has 0 aliphatic rings. The number of rotatable bonds is 6. The SMILES string of the molecule is CCCCC(O)CC(Cl)CCl. The molecule has 0 aromatic rings. The maximum absolute atomic E-state index is 9.34. The van der Waals surface area contributed by atoms with E-state index >= 15 is 0 Å². The summed E-state index contributed by atoms with van der Waals surface area (Å²) in [7, 11) is 0. The van der Waals surface area contributed by atoms with E-state index in [1.807, 2.05) is 0 Å². The smallest absolute Gasteiger partial charge is 0.0554 e. The molecule has 2 unspecified atom stereocenters. The Hall–Kier alpha value is 0.540. The average molecular weight is 199 g/mol. The van der Waals surface area contributed by atoms with Crippen molar-refractivity contribution in [1.82, 2.24) is 0 Å². The molecule has 68 valence electrons. The predicted molar refractivity (Wildman–Crippen MR) is 50.5 cm³/mol. The van der Waals surface area contributed by atoms with Gasteiger partial charge in [0.15, 0.2) is 0 Å². The van der Waals surface area contributed by atoms with Gasteiger partial charge in [-0.3, -0.25) is 0 Å². The minimum Gasteiger partial charge on any atom is -0.393 e. The Bertz CT molecular complexity index is 88.2. The van der Waals surface area contributed by atoms with Crippen LogP contribution in [0.15, 0.2) is 0 Å². The summed E-state index contributed by atoms with van der Waals surface area (Å²) in [5, 5.41) is 9.26. The van der Waals surface area contributed by atoms with Gasteiger partial charge in [-0.2, -0.15) is 0 Å². The molecule has 0 amide bonds. The van der Waals surface area contributed by atoms with E-state index in [1.54, 1.807) is 0 Å². The number of aliphatic hydroxyl groups is 1.